The van der Waals surface area contributed by atoms with Crippen molar-refractivity contribution in [3.05, 3.63) is 25.3 Å². The van der Waals surface area contributed by atoms with E-state index < -0.39 is 28.7 Å². The number of allylic oxidation sites excluding steroid dienone is 1. The van der Waals surface area contributed by atoms with Gasteiger partial charge in [-0.2, -0.15) is 0 Å². The molecule has 0 aromatic rings. The molecule has 1 N–H and O–H groups in total. The fourth-order valence-corrected chi connectivity index (χ4v) is 11.0. The summed E-state index contributed by atoms with van der Waals surface area (Å²) >= 11 is 5.45. The van der Waals surface area contributed by atoms with E-state index in [2.05, 4.69) is 42.9 Å². The summed E-state index contributed by atoms with van der Waals surface area (Å²) in [6.07, 6.45) is 11.5. The van der Waals surface area contributed by atoms with E-state index in [1.54, 1.807) is 28.8 Å². The molecule has 1 aliphatic carbocycles. The Morgan fingerprint density at radius 1 is 1.26 bits per heavy atom. The number of likely N-dealkylation sites (tertiary alicyclic amines) is 1. The summed E-state index contributed by atoms with van der Waals surface area (Å²) in [5.41, 5.74) is 0. The number of hydrogen-bond donors (Lipinski definition) is 1. The number of hydrogen-bond acceptors (Lipinski definition) is 6. The fraction of sp³-hybridized carbons (Fsp3) is 0.767. The van der Waals surface area contributed by atoms with Crippen molar-refractivity contribution in [2.75, 3.05) is 19.8 Å². The monoisotopic (exact) mass is 624 g/mol. The first-order chi connectivity index (χ1) is 18.7. The summed E-state index contributed by atoms with van der Waals surface area (Å²) in [7, 11) is 0. The van der Waals surface area contributed by atoms with Crippen molar-refractivity contribution in [3.63, 3.8) is 0 Å². The van der Waals surface area contributed by atoms with Crippen LogP contribution in [0.3, 0.4) is 0 Å². The first-order valence-electron chi connectivity index (χ1n) is 14.7. The van der Waals surface area contributed by atoms with Crippen LogP contribution in [-0.4, -0.2) is 85.4 Å². The maximum absolute atomic E-state index is 14.7. The standard InChI is InChI=1S/C30H45BrN2O5S/c1-5-7-11-15-38-29(37)23-24-27(35)33(21(18-34)16-19(3)4)26(30(24)17-22(31)25(23)39-30)28(36)32(14-6-2)20-12-9-8-10-13-20/h5-6,19-26,34H,1-2,7-18H2,3-4H3/t21-,22?,23+,24+,25+,26?,30?/m1/s1. The molecule has 1 spiro atoms. The number of aliphatic hydroxyl groups excluding tert-OH is 1. The molecule has 2 bridgehead atoms. The Kier molecular flexibility index (Phi) is 10.3. The molecule has 218 valence electrons. The zero-order chi connectivity index (χ0) is 28.3. The van der Waals surface area contributed by atoms with Gasteiger partial charge in [-0.25, -0.2) is 0 Å². The third-order valence-electron chi connectivity index (χ3n) is 9.00. The fourth-order valence-electron chi connectivity index (χ4n) is 7.43. The second kappa shape index (κ2) is 13.1. The lowest BCUT2D eigenvalue weighted by molar-refractivity contribution is -0.154. The van der Waals surface area contributed by atoms with Gasteiger partial charge < -0.3 is 19.6 Å². The number of halogens is 1. The highest BCUT2D eigenvalue weighted by Crippen LogP contribution is 2.68. The minimum absolute atomic E-state index is 0.00673. The number of carbonyl (C=O) groups is 3. The molecule has 4 aliphatic rings. The van der Waals surface area contributed by atoms with Gasteiger partial charge in [0.25, 0.3) is 0 Å². The Hall–Kier alpha value is -1.32. The maximum Gasteiger partial charge on any atom is 0.310 e. The van der Waals surface area contributed by atoms with Gasteiger partial charge in [0.15, 0.2) is 0 Å². The van der Waals surface area contributed by atoms with Crippen molar-refractivity contribution < 1.29 is 24.2 Å². The molecule has 7 atom stereocenters. The van der Waals surface area contributed by atoms with Crippen LogP contribution >= 0.6 is 27.7 Å². The Labute approximate surface area is 246 Å². The van der Waals surface area contributed by atoms with Crippen molar-refractivity contribution in [2.24, 2.45) is 17.8 Å². The highest BCUT2D eigenvalue weighted by atomic mass is 79.9. The number of aliphatic hydroxyl groups is 1. The zero-order valence-corrected chi connectivity index (χ0v) is 25.8. The second-order valence-electron chi connectivity index (χ2n) is 12.0. The molecule has 0 aromatic carbocycles. The van der Waals surface area contributed by atoms with Crippen molar-refractivity contribution in [1.82, 2.24) is 9.80 Å². The quantitative estimate of drug-likeness (QED) is 0.138. The van der Waals surface area contributed by atoms with E-state index in [9.17, 15) is 19.5 Å². The number of thioether (sulfide) groups is 1. The minimum atomic E-state index is -0.740. The molecule has 2 amide bonds. The van der Waals surface area contributed by atoms with Gasteiger partial charge in [0, 0.05) is 22.7 Å². The third-order valence-corrected chi connectivity index (χ3v) is 12.2. The van der Waals surface area contributed by atoms with Gasteiger partial charge in [-0.1, -0.05) is 61.2 Å². The van der Waals surface area contributed by atoms with E-state index in [1.807, 2.05) is 4.90 Å². The summed E-state index contributed by atoms with van der Waals surface area (Å²) in [5, 5.41) is 10.4. The average molecular weight is 626 g/mol. The lowest BCUT2D eigenvalue weighted by Crippen LogP contribution is -2.59. The summed E-state index contributed by atoms with van der Waals surface area (Å²) in [4.78, 5) is 46.2. The summed E-state index contributed by atoms with van der Waals surface area (Å²) in [5.74, 6) is -1.63. The van der Waals surface area contributed by atoms with Crippen molar-refractivity contribution >= 4 is 45.5 Å². The number of alkyl halides is 1. The molecule has 3 unspecified atom stereocenters. The Balaban J connectivity index is 1.74. The Bertz CT molecular complexity index is 940. The van der Waals surface area contributed by atoms with E-state index >= 15 is 0 Å². The van der Waals surface area contributed by atoms with Crippen molar-refractivity contribution in [3.8, 4) is 0 Å². The van der Waals surface area contributed by atoms with E-state index in [0.29, 0.717) is 25.8 Å². The third kappa shape index (κ3) is 5.74. The molecule has 7 nitrogen and oxygen atoms in total. The van der Waals surface area contributed by atoms with Gasteiger partial charge in [-0.05, 0) is 44.4 Å². The van der Waals surface area contributed by atoms with Crippen LogP contribution in [0.1, 0.15) is 71.6 Å². The van der Waals surface area contributed by atoms with E-state index in [4.69, 9.17) is 4.74 Å². The number of nitrogens with zero attached hydrogens (tertiary/aromatic N) is 2. The Morgan fingerprint density at radius 3 is 2.59 bits per heavy atom. The molecule has 3 aliphatic heterocycles. The van der Waals surface area contributed by atoms with Gasteiger partial charge in [0.2, 0.25) is 11.8 Å². The van der Waals surface area contributed by atoms with Crippen molar-refractivity contribution in [2.45, 2.75) is 105 Å². The molecular weight excluding hydrogens is 580 g/mol. The Morgan fingerprint density at radius 2 is 1.97 bits per heavy atom. The molecule has 4 rings (SSSR count). The number of rotatable bonds is 13. The molecule has 39 heavy (non-hydrogen) atoms. The van der Waals surface area contributed by atoms with Gasteiger partial charge in [0.1, 0.15) is 6.04 Å². The van der Waals surface area contributed by atoms with Gasteiger partial charge >= 0.3 is 5.97 Å². The molecule has 3 saturated heterocycles. The number of unbranched alkanes of at least 4 members (excludes halogenated alkanes) is 1. The summed E-state index contributed by atoms with van der Waals surface area (Å²) in [6.45, 7) is 12.3. The summed E-state index contributed by atoms with van der Waals surface area (Å²) in [6, 6.07) is -1.11. The molecule has 0 aromatic heterocycles. The van der Waals surface area contributed by atoms with E-state index in [0.717, 1.165) is 32.1 Å². The zero-order valence-electron chi connectivity index (χ0n) is 23.4. The van der Waals surface area contributed by atoms with Crippen LogP contribution in [0.4, 0.5) is 0 Å². The predicted octanol–water partition coefficient (Wildman–Crippen LogP) is 4.71. The van der Waals surface area contributed by atoms with Crippen LogP contribution in [0, 0.1) is 17.8 Å². The highest BCUT2D eigenvalue weighted by Gasteiger charge is 2.76. The molecule has 9 heteroatoms. The van der Waals surface area contributed by atoms with Crippen LogP contribution in [0.5, 0.6) is 0 Å². The summed E-state index contributed by atoms with van der Waals surface area (Å²) < 4.78 is 4.96. The lowest BCUT2D eigenvalue weighted by Gasteiger charge is -2.43. The van der Waals surface area contributed by atoms with Crippen molar-refractivity contribution in [1.29, 1.82) is 0 Å². The topological polar surface area (TPSA) is 87.1 Å². The van der Waals surface area contributed by atoms with E-state index in [-0.39, 0.29) is 53.0 Å². The smallest absolute Gasteiger partial charge is 0.310 e. The number of amides is 2. The van der Waals surface area contributed by atoms with Gasteiger partial charge in [0.05, 0.1) is 35.8 Å². The molecule has 3 heterocycles. The van der Waals surface area contributed by atoms with Gasteiger partial charge in [-0.15, -0.1) is 24.9 Å². The molecule has 1 saturated carbocycles. The normalized spacial score (nSPS) is 32.8. The number of fused-ring (bicyclic) bond motifs is 1. The number of esters is 1. The molecular formula is C30H45BrN2O5S. The van der Waals surface area contributed by atoms with Crippen LogP contribution in [0.25, 0.3) is 0 Å². The van der Waals surface area contributed by atoms with E-state index in [1.165, 1.54) is 6.42 Å². The van der Waals surface area contributed by atoms with Crippen LogP contribution in [-0.2, 0) is 19.1 Å². The lowest BCUT2D eigenvalue weighted by atomic mass is 9.71. The predicted molar refractivity (Wildman–Crippen MR) is 159 cm³/mol. The van der Waals surface area contributed by atoms with Crippen LogP contribution in [0.2, 0.25) is 0 Å². The van der Waals surface area contributed by atoms with Crippen LogP contribution in [0.15, 0.2) is 25.3 Å². The minimum Gasteiger partial charge on any atom is -0.465 e. The first-order valence-corrected chi connectivity index (χ1v) is 16.4. The van der Waals surface area contributed by atoms with Gasteiger partial charge in [-0.3, -0.25) is 14.4 Å². The second-order valence-corrected chi connectivity index (χ2v) is 14.8. The molecule has 4 fully saturated rings. The maximum atomic E-state index is 14.7. The molecule has 0 radical (unpaired) electrons. The number of carbonyl (C=O) groups excluding carboxylic acids is 3. The average Bonchev–Trinajstić information content (AvgIpc) is 3.51. The van der Waals surface area contributed by atoms with Crippen LogP contribution < -0.4 is 0 Å². The number of ether oxygens (including phenoxy) is 1. The largest absolute Gasteiger partial charge is 0.465 e. The first kappa shape index (κ1) is 30.6. The SMILES string of the molecule is C=CCCCOC(=O)[C@H]1[C@H]2C(=O)N([C@@H](CO)CC(C)C)C(C(=O)N(CC=C)C3CCCCC3)C23CC(Br)[C@@H]1S3. The highest BCUT2D eigenvalue weighted by molar-refractivity contribution is 9.09.